The first kappa shape index (κ1) is 22.2. The summed E-state index contributed by atoms with van der Waals surface area (Å²) in [5, 5.41) is 16.1. The molecule has 1 rings (SSSR count). The van der Waals surface area contributed by atoms with Gasteiger partial charge in [-0.1, -0.05) is 33.1 Å². The highest BCUT2D eigenvalue weighted by molar-refractivity contribution is 5.79. The van der Waals surface area contributed by atoms with Crippen LogP contribution >= 0.6 is 0 Å². The maximum atomic E-state index is 9.26. The van der Waals surface area contributed by atoms with Gasteiger partial charge < -0.3 is 20.6 Å². The number of hydrogen-bond donors (Lipinski definition) is 3. The summed E-state index contributed by atoms with van der Waals surface area (Å²) in [7, 11) is 2.25. The van der Waals surface area contributed by atoms with Crippen LogP contribution in [0.25, 0.3) is 0 Å². The van der Waals surface area contributed by atoms with E-state index in [4.69, 9.17) is 4.99 Å². The second-order valence-electron chi connectivity index (χ2n) is 7.93. The van der Waals surface area contributed by atoms with E-state index < -0.39 is 0 Å². The Balaban J connectivity index is 2.40. The van der Waals surface area contributed by atoms with Crippen LogP contribution < -0.4 is 10.6 Å². The molecule has 0 aromatic rings. The molecule has 148 valence electrons. The lowest BCUT2D eigenvalue weighted by atomic mass is 9.94. The van der Waals surface area contributed by atoms with Gasteiger partial charge in [-0.3, -0.25) is 4.99 Å². The molecule has 0 radical (unpaired) electrons. The first-order valence-electron chi connectivity index (χ1n) is 10.4. The third kappa shape index (κ3) is 10.0. The van der Waals surface area contributed by atoms with Gasteiger partial charge in [0.1, 0.15) is 0 Å². The Bertz CT molecular complexity index is 354. The standard InChI is InChI=1S/C20H42N4O/c1-5-21-20(23-16-18(11-14-25)15-17(2)3)22-12-13-24(4)19-9-7-6-8-10-19/h17-19,25H,5-16H2,1-4H3,(H2,21,22,23). The van der Waals surface area contributed by atoms with E-state index in [-0.39, 0.29) is 6.61 Å². The first-order valence-corrected chi connectivity index (χ1v) is 10.4. The van der Waals surface area contributed by atoms with E-state index in [1.54, 1.807) is 0 Å². The number of aliphatic hydroxyl groups is 1. The van der Waals surface area contributed by atoms with E-state index in [0.29, 0.717) is 11.8 Å². The molecule has 5 heteroatoms. The molecule has 25 heavy (non-hydrogen) atoms. The van der Waals surface area contributed by atoms with Crippen LogP contribution in [0.4, 0.5) is 0 Å². The van der Waals surface area contributed by atoms with Crippen molar-refractivity contribution >= 4 is 5.96 Å². The molecule has 1 unspecified atom stereocenters. The van der Waals surface area contributed by atoms with Gasteiger partial charge in [-0.15, -0.1) is 0 Å². The number of nitrogens with zero attached hydrogens (tertiary/aromatic N) is 2. The predicted molar refractivity (Wildman–Crippen MR) is 108 cm³/mol. The maximum absolute atomic E-state index is 9.26. The lowest BCUT2D eigenvalue weighted by Crippen LogP contribution is -2.43. The third-order valence-corrected chi connectivity index (χ3v) is 5.15. The Labute approximate surface area is 155 Å². The Morgan fingerprint density at radius 2 is 1.92 bits per heavy atom. The molecule has 0 spiro atoms. The monoisotopic (exact) mass is 354 g/mol. The molecular weight excluding hydrogens is 312 g/mol. The molecule has 0 bridgehead atoms. The first-order chi connectivity index (χ1) is 12.1. The van der Waals surface area contributed by atoms with Gasteiger partial charge in [-0.25, -0.2) is 0 Å². The summed E-state index contributed by atoms with van der Waals surface area (Å²) in [5.41, 5.74) is 0. The van der Waals surface area contributed by atoms with E-state index in [9.17, 15) is 5.11 Å². The van der Waals surface area contributed by atoms with Crippen molar-refractivity contribution in [3.05, 3.63) is 0 Å². The molecule has 0 aromatic heterocycles. The van der Waals surface area contributed by atoms with E-state index in [0.717, 1.165) is 51.0 Å². The second-order valence-corrected chi connectivity index (χ2v) is 7.93. The number of likely N-dealkylation sites (N-methyl/N-ethyl adjacent to an activating group) is 1. The van der Waals surface area contributed by atoms with Gasteiger partial charge in [0.2, 0.25) is 0 Å². The fraction of sp³-hybridized carbons (Fsp3) is 0.950. The molecule has 1 atom stereocenters. The Hall–Kier alpha value is -0.810. The molecule has 0 heterocycles. The number of nitrogens with one attached hydrogen (secondary N) is 2. The molecule has 5 nitrogen and oxygen atoms in total. The minimum absolute atomic E-state index is 0.253. The quantitative estimate of drug-likeness (QED) is 0.394. The zero-order chi connectivity index (χ0) is 18.5. The van der Waals surface area contributed by atoms with Crippen LogP contribution in [0.15, 0.2) is 4.99 Å². The Kier molecular flexibility index (Phi) is 11.9. The van der Waals surface area contributed by atoms with Crippen molar-refractivity contribution in [2.24, 2.45) is 16.8 Å². The lowest BCUT2D eigenvalue weighted by Gasteiger charge is -2.31. The van der Waals surface area contributed by atoms with Crippen molar-refractivity contribution in [1.82, 2.24) is 15.5 Å². The average molecular weight is 355 g/mol. The van der Waals surface area contributed by atoms with Gasteiger partial charge in [0, 0.05) is 38.8 Å². The molecule has 0 saturated heterocycles. The van der Waals surface area contributed by atoms with Crippen LogP contribution in [0, 0.1) is 11.8 Å². The summed E-state index contributed by atoms with van der Waals surface area (Å²) >= 11 is 0. The molecule has 1 aliphatic carbocycles. The maximum Gasteiger partial charge on any atom is 0.191 e. The Morgan fingerprint density at radius 1 is 1.20 bits per heavy atom. The van der Waals surface area contributed by atoms with E-state index in [1.807, 2.05) is 0 Å². The Morgan fingerprint density at radius 3 is 2.52 bits per heavy atom. The molecule has 0 aliphatic heterocycles. The van der Waals surface area contributed by atoms with Crippen molar-refractivity contribution in [2.45, 2.75) is 71.8 Å². The molecular formula is C20H42N4O. The molecule has 3 N–H and O–H groups in total. The number of hydrogen-bond acceptors (Lipinski definition) is 3. The lowest BCUT2D eigenvalue weighted by molar-refractivity contribution is 0.194. The highest BCUT2D eigenvalue weighted by Crippen LogP contribution is 2.21. The number of guanidine groups is 1. The average Bonchev–Trinajstić information content (AvgIpc) is 2.59. The van der Waals surface area contributed by atoms with Crippen LogP contribution in [-0.2, 0) is 0 Å². The summed E-state index contributed by atoms with van der Waals surface area (Å²) < 4.78 is 0. The highest BCUT2D eigenvalue weighted by atomic mass is 16.3. The fourth-order valence-corrected chi connectivity index (χ4v) is 3.75. The van der Waals surface area contributed by atoms with Crippen LogP contribution in [0.2, 0.25) is 0 Å². The smallest absolute Gasteiger partial charge is 0.191 e. The normalized spacial score (nSPS) is 18.0. The van der Waals surface area contributed by atoms with Crippen molar-refractivity contribution < 1.29 is 5.11 Å². The van der Waals surface area contributed by atoms with E-state index in [1.165, 1.54) is 32.1 Å². The zero-order valence-corrected chi connectivity index (χ0v) is 17.1. The van der Waals surface area contributed by atoms with Gasteiger partial charge in [-0.05, 0) is 51.5 Å². The summed E-state index contributed by atoms with van der Waals surface area (Å²) in [4.78, 5) is 7.26. The van der Waals surface area contributed by atoms with Gasteiger partial charge in [0.25, 0.3) is 0 Å². The van der Waals surface area contributed by atoms with Crippen molar-refractivity contribution in [1.29, 1.82) is 0 Å². The van der Waals surface area contributed by atoms with Crippen LogP contribution in [0.3, 0.4) is 0 Å². The minimum Gasteiger partial charge on any atom is -0.396 e. The molecule has 0 aromatic carbocycles. The SMILES string of the molecule is CCNC(=NCC(CCO)CC(C)C)NCCN(C)C1CCCCC1. The summed E-state index contributed by atoms with van der Waals surface area (Å²) in [6.07, 6.45) is 8.83. The fourth-order valence-electron chi connectivity index (χ4n) is 3.75. The summed E-state index contributed by atoms with van der Waals surface area (Å²) in [6.45, 7) is 10.5. The minimum atomic E-state index is 0.253. The highest BCUT2D eigenvalue weighted by Gasteiger charge is 2.17. The topological polar surface area (TPSA) is 59.9 Å². The van der Waals surface area contributed by atoms with E-state index in [2.05, 4.69) is 43.4 Å². The van der Waals surface area contributed by atoms with Gasteiger partial charge >= 0.3 is 0 Å². The second kappa shape index (κ2) is 13.4. The largest absolute Gasteiger partial charge is 0.396 e. The molecule has 1 saturated carbocycles. The zero-order valence-electron chi connectivity index (χ0n) is 17.1. The molecule has 1 fully saturated rings. The van der Waals surface area contributed by atoms with Crippen molar-refractivity contribution in [2.75, 3.05) is 39.8 Å². The number of rotatable bonds is 11. The van der Waals surface area contributed by atoms with Gasteiger partial charge in [0.15, 0.2) is 5.96 Å². The van der Waals surface area contributed by atoms with Gasteiger partial charge in [-0.2, -0.15) is 0 Å². The number of aliphatic imine (C=N–C) groups is 1. The summed E-state index contributed by atoms with van der Waals surface area (Å²) in [6, 6.07) is 0.759. The molecule has 1 aliphatic rings. The summed E-state index contributed by atoms with van der Waals surface area (Å²) in [5.74, 6) is 2.02. The van der Waals surface area contributed by atoms with Gasteiger partial charge in [0.05, 0.1) is 0 Å². The molecule has 0 amide bonds. The van der Waals surface area contributed by atoms with E-state index >= 15 is 0 Å². The predicted octanol–water partition coefficient (Wildman–Crippen LogP) is 2.85. The third-order valence-electron chi connectivity index (χ3n) is 5.15. The van der Waals surface area contributed by atoms with Crippen molar-refractivity contribution in [3.8, 4) is 0 Å². The van der Waals surface area contributed by atoms with Crippen LogP contribution in [-0.4, -0.2) is 61.8 Å². The van der Waals surface area contributed by atoms with Crippen molar-refractivity contribution in [3.63, 3.8) is 0 Å². The number of aliphatic hydroxyl groups excluding tert-OH is 1. The van der Waals surface area contributed by atoms with Crippen LogP contribution in [0.1, 0.15) is 65.7 Å². The van der Waals surface area contributed by atoms with Crippen LogP contribution in [0.5, 0.6) is 0 Å².